The van der Waals surface area contributed by atoms with Crippen molar-refractivity contribution in [1.29, 1.82) is 0 Å². The number of alkyl halides is 3. The third-order valence-electron chi connectivity index (χ3n) is 4.02. The number of nitrogens with zero attached hydrogens (tertiary/aromatic N) is 4. The van der Waals surface area contributed by atoms with Crippen molar-refractivity contribution in [3.05, 3.63) is 48.9 Å². The van der Waals surface area contributed by atoms with E-state index in [4.69, 9.17) is 0 Å². The Labute approximate surface area is 159 Å². The summed E-state index contributed by atoms with van der Waals surface area (Å²) in [7, 11) is 0. The number of carbonyl (C=O) groups is 1. The Bertz CT molecular complexity index is 819. The molecule has 0 aliphatic carbocycles. The number of carbonyl (C=O) groups excluding carboxylic acids is 1. The van der Waals surface area contributed by atoms with Crippen molar-refractivity contribution in [2.45, 2.75) is 6.36 Å². The van der Waals surface area contributed by atoms with Gasteiger partial charge in [0.1, 0.15) is 12.0 Å². The van der Waals surface area contributed by atoms with E-state index in [0.717, 1.165) is 19.4 Å². The van der Waals surface area contributed by atoms with Crippen LogP contribution in [0.5, 0.6) is 5.75 Å². The molecule has 0 bridgehead atoms. The Hall–Kier alpha value is -3.30. The molecule has 0 atom stereocenters. The van der Waals surface area contributed by atoms with E-state index in [1.54, 1.807) is 12.4 Å². The van der Waals surface area contributed by atoms with E-state index >= 15 is 0 Å². The molecule has 1 N–H and O–H groups in total. The van der Waals surface area contributed by atoms with Crippen molar-refractivity contribution in [1.82, 2.24) is 14.9 Å². The number of allylic oxidation sites excluding steroid dienone is 1. The minimum Gasteiger partial charge on any atom is -0.406 e. The number of aromatic nitrogens is 2. The number of halogens is 3. The van der Waals surface area contributed by atoms with Crippen molar-refractivity contribution in [3.63, 3.8) is 0 Å². The molecule has 1 aromatic carbocycles. The van der Waals surface area contributed by atoms with Crippen LogP contribution in [-0.2, 0) is 4.79 Å². The number of nitrogens with one attached hydrogen (secondary N) is 1. The van der Waals surface area contributed by atoms with E-state index in [0.29, 0.717) is 30.4 Å². The lowest BCUT2D eigenvalue weighted by molar-refractivity contribution is -0.274. The third kappa shape index (κ3) is 5.35. The number of hydrogen-bond donors (Lipinski definition) is 1. The Morgan fingerprint density at radius 3 is 2.36 bits per heavy atom. The van der Waals surface area contributed by atoms with Gasteiger partial charge >= 0.3 is 6.36 Å². The van der Waals surface area contributed by atoms with E-state index in [1.807, 2.05) is 4.90 Å². The van der Waals surface area contributed by atoms with Crippen molar-refractivity contribution in [2.24, 2.45) is 0 Å². The van der Waals surface area contributed by atoms with E-state index in [2.05, 4.69) is 24.9 Å². The lowest BCUT2D eigenvalue weighted by Crippen LogP contribution is -2.44. The van der Waals surface area contributed by atoms with Crippen LogP contribution in [0.3, 0.4) is 0 Å². The number of rotatable bonds is 6. The number of benzene rings is 1. The molecule has 0 saturated carbocycles. The predicted molar refractivity (Wildman–Crippen MR) is 97.4 cm³/mol. The largest absolute Gasteiger partial charge is 0.573 e. The maximum atomic E-state index is 12.3. The van der Waals surface area contributed by atoms with E-state index < -0.39 is 6.36 Å². The minimum absolute atomic E-state index is 0.295. The zero-order chi connectivity index (χ0) is 20.0. The summed E-state index contributed by atoms with van der Waals surface area (Å²) in [6, 6.07) is 5.40. The van der Waals surface area contributed by atoms with Crippen LogP contribution in [0, 0.1) is 0 Å². The molecule has 0 radical (unpaired) electrons. The number of aldehydes is 1. The third-order valence-corrected chi connectivity index (χ3v) is 4.02. The quantitative estimate of drug-likeness (QED) is 0.598. The van der Waals surface area contributed by atoms with Crippen LogP contribution in [-0.4, -0.2) is 53.7 Å². The lowest BCUT2D eigenvalue weighted by atomic mass is 10.3. The van der Waals surface area contributed by atoms with Crippen LogP contribution in [0.4, 0.5) is 30.5 Å². The van der Waals surface area contributed by atoms with Crippen molar-refractivity contribution >= 4 is 23.6 Å². The Morgan fingerprint density at radius 1 is 1.04 bits per heavy atom. The fourth-order valence-electron chi connectivity index (χ4n) is 2.77. The van der Waals surface area contributed by atoms with Gasteiger partial charge in [-0.25, -0.2) is 9.97 Å². The molecule has 1 aliphatic rings. The summed E-state index contributed by atoms with van der Waals surface area (Å²) in [6.45, 7) is 2.83. The molecule has 0 spiro atoms. The van der Waals surface area contributed by atoms with E-state index in [1.165, 1.54) is 36.5 Å². The topological polar surface area (TPSA) is 70.6 Å². The van der Waals surface area contributed by atoms with Gasteiger partial charge in [0.2, 0.25) is 0 Å². The fraction of sp³-hybridized carbons (Fsp3) is 0.278. The molecular formula is C18H18F3N5O2. The molecule has 0 amide bonds. The van der Waals surface area contributed by atoms with Gasteiger partial charge in [-0.3, -0.25) is 4.79 Å². The van der Waals surface area contributed by atoms with Crippen LogP contribution in [0.25, 0.3) is 0 Å². The number of ether oxygens (including phenoxy) is 1. The Kier molecular flexibility index (Phi) is 5.97. The summed E-state index contributed by atoms with van der Waals surface area (Å²) in [4.78, 5) is 23.2. The highest BCUT2D eigenvalue weighted by Crippen LogP contribution is 2.28. The van der Waals surface area contributed by atoms with Gasteiger partial charge in [-0.05, 0) is 30.3 Å². The summed E-state index contributed by atoms with van der Waals surface area (Å²) in [5.74, 6) is 0.859. The van der Waals surface area contributed by atoms with Gasteiger partial charge in [-0.1, -0.05) is 0 Å². The fourth-order valence-corrected chi connectivity index (χ4v) is 2.77. The maximum absolute atomic E-state index is 12.3. The summed E-state index contributed by atoms with van der Waals surface area (Å²) in [5, 5.41) is 3.08. The monoisotopic (exact) mass is 393 g/mol. The van der Waals surface area contributed by atoms with Crippen LogP contribution in [0.2, 0.25) is 0 Å². The molecule has 1 aromatic heterocycles. The minimum atomic E-state index is -4.73. The maximum Gasteiger partial charge on any atom is 0.573 e. The molecular weight excluding hydrogens is 375 g/mol. The Morgan fingerprint density at radius 2 is 1.71 bits per heavy atom. The van der Waals surface area contributed by atoms with Crippen LogP contribution in [0.1, 0.15) is 0 Å². The van der Waals surface area contributed by atoms with Crippen molar-refractivity contribution in [2.75, 3.05) is 36.4 Å². The van der Waals surface area contributed by atoms with Gasteiger partial charge in [0.05, 0.1) is 0 Å². The summed E-state index contributed by atoms with van der Waals surface area (Å²) in [5.41, 5.74) is 0.559. The summed E-state index contributed by atoms with van der Waals surface area (Å²) in [6.07, 6.45) is 2.34. The number of anilines is 3. The Balaban J connectivity index is 1.68. The second kappa shape index (κ2) is 8.59. The van der Waals surface area contributed by atoms with Gasteiger partial charge < -0.3 is 19.9 Å². The molecule has 2 heterocycles. The smallest absolute Gasteiger partial charge is 0.406 e. The molecule has 1 saturated heterocycles. The highest BCUT2D eigenvalue weighted by molar-refractivity contribution is 5.68. The zero-order valence-electron chi connectivity index (χ0n) is 14.8. The first kappa shape index (κ1) is 19.5. The first-order chi connectivity index (χ1) is 13.4. The molecule has 1 aliphatic heterocycles. The average molecular weight is 393 g/mol. The van der Waals surface area contributed by atoms with Crippen LogP contribution in [0.15, 0.2) is 48.9 Å². The molecule has 148 valence electrons. The number of hydrogen-bond acceptors (Lipinski definition) is 7. The van der Waals surface area contributed by atoms with Gasteiger partial charge in [-0.2, -0.15) is 0 Å². The van der Waals surface area contributed by atoms with Gasteiger partial charge in [0.15, 0.2) is 11.6 Å². The molecule has 2 aromatic rings. The first-order valence-electron chi connectivity index (χ1n) is 8.49. The lowest BCUT2D eigenvalue weighted by Gasteiger charge is -2.35. The zero-order valence-corrected chi connectivity index (χ0v) is 14.8. The molecule has 7 nitrogen and oxygen atoms in total. The van der Waals surface area contributed by atoms with Gasteiger partial charge in [-0.15, -0.1) is 13.2 Å². The SMILES string of the molecule is O=CC=CN1CCN(c2nccnc2Nc2ccc(OC(F)(F)F)cc2)CC1. The normalized spacial score (nSPS) is 15.0. The second-order valence-corrected chi connectivity index (χ2v) is 5.93. The van der Waals surface area contributed by atoms with Gasteiger partial charge in [0, 0.05) is 50.5 Å². The number of piperazine rings is 1. The van der Waals surface area contributed by atoms with Gasteiger partial charge in [0.25, 0.3) is 0 Å². The van der Waals surface area contributed by atoms with E-state index in [-0.39, 0.29) is 5.75 Å². The highest BCUT2D eigenvalue weighted by Gasteiger charge is 2.31. The predicted octanol–water partition coefficient (Wildman–Crippen LogP) is 2.95. The molecule has 10 heteroatoms. The summed E-state index contributed by atoms with van der Waals surface area (Å²) < 4.78 is 40.6. The van der Waals surface area contributed by atoms with Crippen molar-refractivity contribution in [3.8, 4) is 5.75 Å². The van der Waals surface area contributed by atoms with Crippen LogP contribution >= 0.6 is 0 Å². The molecule has 0 unspecified atom stereocenters. The molecule has 28 heavy (non-hydrogen) atoms. The molecule has 3 rings (SSSR count). The second-order valence-electron chi connectivity index (χ2n) is 5.93. The first-order valence-corrected chi connectivity index (χ1v) is 8.49. The van der Waals surface area contributed by atoms with Crippen molar-refractivity contribution < 1.29 is 22.7 Å². The average Bonchev–Trinajstić information content (AvgIpc) is 2.68. The van der Waals surface area contributed by atoms with Crippen LogP contribution < -0.4 is 15.0 Å². The standard InChI is InChI=1S/C18H18F3N5O2/c19-18(20,21)28-15-4-2-14(3-5-15)24-16-17(23-7-6-22-16)26-11-9-25(10-12-26)8-1-13-27/h1-8,13H,9-12H2,(H,22,24). The van der Waals surface area contributed by atoms with E-state index in [9.17, 15) is 18.0 Å². The molecule has 1 fully saturated rings. The highest BCUT2D eigenvalue weighted by atomic mass is 19.4. The summed E-state index contributed by atoms with van der Waals surface area (Å²) >= 11 is 0.